The van der Waals surface area contributed by atoms with Crippen molar-refractivity contribution in [2.24, 2.45) is 0 Å². The molecule has 0 heterocycles. The minimum atomic E-state index is 0.0704. The highest BCUT2D eigenvalue weighted by Crippen LogP contribution is 2.37. The molecule has 0 aliphatic carbocycles. The molecule has 0 fully saturated rings. The molecule has 0 unspecified atom stereocenters. The van der Waals surface area contributed by atoms with Gasteiger partial charge in [-0.2, -0.15) is 0 Å². The summed E-state index contributed by atoms with van der Waals surface area (Å²) in [5.41, 5.74) is 0.690. The number of nitrogens with zero attached hydrogens (tertiary/aromatic N) is 1. The molecule has 0 radical (unpaired) electrons. The topological polar surface area (TPSA) is 48.0 Å². The van der Waals surface area contributed by atoms with Crippen molar-refractivity contribution in [2.45, 2.75) is 46.0 Å². The van der Waals surface area contributed by atoms with E-state index < -0.39 is 0 Å². The number of hydrogen-bond acceptors (Lipinski definition) is 4. The maximum Gasteiger partial charge on any atom is 0.253 e. The van der Waals surface area contributed by atoms with Crippen LogP contribution in [0.1, 0.15) is 56.3 Å². The normalized spacial score (nSPS) is 10.6. The number of halogens is 4. The van der Waals surface area contributed by atoms with Gasteiger partial charge in [0.05, 0.1) is 23.3 Å². The number of amides is 1. The predicted octanol–water partition coefficient (Wildman–Crippen LogP) is 8.58. The fraction of sp³-hybridized carbons (Fsp3) is 0.444. The standard InChI is InChI=1S/C27H33Cl4NO4/c1-3-13-32(14-4-2)27(33)20-8-10-21(11-9-20)34-15-6-5-7-16-36-26-23(28)18-22(19-24(26)29)35-17-12-25(30)31/h8-12,18-19H,3-7,13-17H2,1-2H3. The molecule has 2 aromatic carbocycles. The van der Waals surface area contributed by atoms with E-state index in [1.165, 1.54) is 6.08 Å². The third-order valence-corrected chi connectivity index (χ3v) is 6.01. The average molecular weight is 577 g/mol. The van der Waals surface area contributed by atoms with Gasteiger partial charge in [0.15, 0.2) is 5.75 Å². The number of hydrogen-bond donors (Lipinski definition) is 0. The van der Waals surface area contributed by atoms with E-state index in [4.69, 9.17) is 60.6 Å². The molecule has 0 aliphatic heterocycles. The van der Waals surface area contributed by atoms with E-state index in [9.17, 15) is 4.79 Å². The Morgan fingerprint density at radius 3 is 1.97 bits per heavy atom. The van der Waals surface area contributed by atoms with Crippen molar-refractivity contribution in [2.75, 3.05) is 32.9 Å². The van der Waals surface area contributed by atoms with Crippen molar-refractivity contribution in [3.05, 3.63) is 62.6 Å². The molecule has 0 saturated heterocycles. The Balaban J connectivity index is 1.69. The largest absolute Gasteiger partial charge is 0.494 e. The molecule has 0 atom stereocenters. The lowest BCUT2D eigenvalue weighted by Gasteiger charge is -2.21. The molecule has 0 saturated carbocycles. The monoisotopic (exact) mass is 575 g/mol. The molecular formula is C27H33Cl4NO4. The first-order valence-electron chi connectivity index (χ1n) is 12.1. The Hall–Kier alpha value is -1.79. The molecule has 198 valence electrons. The second kappa shape index (κ2) is 16.9. The molecule has 0 N–H and O–H groups in total. The number of rotatable bonds is 16. The van der Waals surface area contributed by atoms with Crippen LogP contribution in [-0.4, -0.2) is 43.7 Å². The summed E-state index contributed by atoms with van der Waals surface area (Å²) in [6, 6.07) is 10.6. The van der Waals surface area contributed by atoms with Crippen LogP contribution in [0, 0.1) is 0 Å². The first-order valence-corrected chi connectivity index (χ1v) is 13.6. The van der Waals surface area contributed by atoms with E-state index >= 15 is 0 Å². The van der Waals surface area contributed by atoms with Gasteiger partial charge >= 0.3 is 0 Å². The summed E-state index contributed by atoms with van der Waals surface area (Å²) in [6.07, 6.45) is 6.03. The van der Waals surface area contributed by atoms with Crippen LogP contribution in [0.25, 0.3) is 0 Å². The number of carbonyl (C=O) groups excluding carboxylic acids is 1. The zero-order valence-electron chi connectivity index (χ0n) is 20.7. The molecule has 0 aliphatic rings. The predicted molar refractivity (Wildman–Crippen MR) is 150 cm³/mol. The number of carbonyl (C=O) groups is 1. The summed E-state index contributed by atoms with van der Waals surface area (Å²) >= 11 is 23.7. The van der Waals surface area contributed by atoms with Gasteiger partial charge in [0.1, 0.15) is 22.6 Å². The minimum Gasteiger partial charge on any atom is -0.494 e. The van der Waals surface area contributed by atoms with Crippen LogP contribution < -0.4 is 14.2 Å². The molecule has 36 heavy (non-hydrogen) atoms. The van der Waals surface area contributed by atoms with Gasteiger partial charge in [0.2, 0.25) is 0 Å². The van der Waals surface area contributed by atoms with Crippen molar-refractivity contribution in [1.82, 2.24) is 4.90 Å². The summed E-state index contributed by atoms with van der Waals surface area (Å²) in [5, 5.41) is 0.743. The van der Waals surface area contributed by atoms with Gasteiger partial charge < -0.3 is 19.1 Å². The molecular weight excluding hydrogens is 544 g/mol. The summed E-state index contributed by atoms with van der Waals surface area (Å²) in [4.78, 5) is 14.6. The summed E-state index contributed by atoms with van der Waals surface area (Å²) in [5.74, 6) is 1.75. The van der Waals surface area contributed by atoms with E-state index in [0.717, 1.165) is 50.9 Å². The fourth-order valence-electron chi connectivity index (χ4n) is 3.43. The number of ether oxygens (including phenoxy) is 3. The van der Waals surface area contributed by atoms with Crippen LogP contribution in [-0.2, 0) is 0 Å². The van der Waals surface area contributed by atoms with Crippen LogP contribution in [0.4, 0.5) is 0 Å². The molecule has 9 heteroatoms. The Labute approximate surface area is 234 Å². The van der Waals surface area contributed by atoms with Gasteiger partial charge in [-0.3, -0.25) is 4.79 Å². The Morgan fingerprint density at radius 1 is 0.833 bits per heavy atom. The fourth-order valence-corrected chi connectivity index (χ4v) is 4.14. The SMILES string of the molecule is CCCN(CCC)C(=O)c1ccc(OCCCCCOc2c(Cl)cc(OCC=C(Cl)Cl)cc2Cl)cc1. The average Bonchev–Trinajstić information content (AvgIpc) is 2.84. The van der Waals surface area contributed by atoms with Crippen molar-refractivity contribution < 1.29 is 19.0 Å². The van der Waals surface area contributed by atoms with Crippen molar-refractivity contribution in [1.29, 1.82) is 0 Å². The van der Waals surface area contributed by atoms with E-state index in [2.05, 4.69) is 13.8 Å². The minimum absolute atomic E-state index is 0.0704. The lowest BCUT2D eigenvalue weighted by atomic mass is 10.2. The maximum atomic E-state index is 12.7. The quantitative estimate of drug-likeness (QED) is 0.188. The zero-order valence-corrected chi connectivity index (χ0v) is 23.7. The van der Waals surface area contributed by atoms with Crippen LogP contribution >= 0.6 is 46.4 Å². The Morgan fingerprint density at radius 2 is 1.42 bits per heavy atom. The van der Waals surface area contributed by atoms with Gasteiger partial charge in [-0.15, -0.1) is 0 Å². The van der Waals surface area contributed by atoms with Gasteiger partial charge in [-0.05, 0) is 62.4 Å². The van der Waals surface area contributed by atoms with Crippen LogP contribution in [0.2, 0.25) is 10.0 Å². The summed E-state index contributed by atoms with van der Waals surface area (Å²) < 4.78 is 17.2. The lowest BCUT2D eigenvalue weighted by molar-refractivity contribution is 0.0755. The Bertz CT molecular complexity index is 949. The molecule has 2 rings (SSSR count). The highest BCUT2D eigenvalue weighted by Gasteiger charge is 2.14. The second-order valence-corrected chi connectivity index (χ2v) is 9.92. The third-order valence-electron chi connectivity index (χ3n) is 5.14. The molecule has 0 bridgehead atoms. The van der Waals surface area contributed by atoms with E-state index in [1.807, 2.05) is 29.2 Å². The maximum absolute atomic E-state index is 12.7. The number of unbranched alkanes of at least 4 members (excludes halogenated alkanes) is 2. The Kier molecular flexibility index (Phi) is 14.3. The van der Waals surface area contributed by atoms with Gasteiger partial charge in [0.25, 0.3) is 5.91 Å². The van der Waals surface area contributed by atoms with Gasteiger partial charge in [0, 0.05) is 30.8 Å². The molecule has 0 spiro atoms. The van der Waals surface area contributed by atoms with Crippen LogP contribution in [0.15, 0.2) is 47.0 Å². The third kappa shape index (κ3) is 10.7. The first-order chi connectivity index (χ1) is 17.3. The van der Waals surface area contributed by atoms with E-state index in [1.54, 1.807) is 12.1 Å². The van der Waals surface area contributed by atoms with Crippen LogP contribution in [0.3, 0.4) is 0 Å². The molecule has 1 amide bonds. The van der Waals surface area contributed by atoms with Gasteiger partial charge in [-0.25, -0.2) is 0 Å². The molecule has 5 nitrogen and oxygen atoms in total. The van der Waals surface area contributed by atoms with Crippen molar-refractivity contribution in [3.63, 3.8) is 0 Å². The second-order valence-electron chi connectivity index (χ2n) is 8.09. The smallest absolute Gasteiger partial charge is 0.253 e. The first kappa shape index (κ1) is 30.4. The van der Waals surface area contributed by atoms with Crippen LogP contribution in [0.5, 0.6) is 17.2 Å². The highest BCUT2D eigenvalue weighted by atomic mass is 35.5. The van der Waals surface area contributed by atoms with Crippen molar-refractivity contribution >= 4 is 52.3 Å². The molecule has 0 aromatic heterocycles. The molecule has 2 aromatic rings. The van der Waals surface area contributed by atoms with Crippen molar-refractivity contribution in [3.8, 4) is 17.2 Å². The van der Waals surface area contributed by atoms with Gasteiger partial charge in [-0.1, -0.05) is 60.3 Å². The number of benzene rings is 2. The zero-order chi connectivity index (χ0) is 26.3. The highest BCUT2D eigenvalue weighted by molar-refractivity contribution is 6.55. The lowest BCUT2D eigenvalue weighted by Crippen LogP contribution is -2.32. The summed E-state index contributed by atoms with van der Waals surface area (Å²) in [6.45, 7) is 6.97. The van der Waals surface area contributed by atoms with E-state index in [-0.39, 0.29) is 17.0 Å². The van der Waals surface area contributed by atoms with E-state index in [0.29, 0.717) is 40.3 Å². The summed E-state index contributed by atoms with van der Waals surface area (Å²) in [7, 11) is 0.